The van der Waals surface area contributed by atoms with Gasteiger partial charge in [-0.3, -0.25) is 0 Å². The third-order valence-electron chi connectivity index (χ3n) is 12.0. The van der Waals surface area contributed by atoms with E-state index in [-0.39, 0.29) is 5.60 Å². The van der Waals surface area contributed by atoms with E-state index in [9.17, 15) is 0 Å². The van der Waals surface area contributed by atoms with Crippen LogP contribution in [-0.4, -0.2) is 42.3 Å². The van der Waals surface area contributed by atoms with Crippen molar-refractivity contribution in [1.29, 1.82) is 0 Å². The van der Waals surface area contributed by atoms with Gasteiger partial charge in [-0.2, -0.15) is 0 Å². The van der Waals surface area contributed by atoms with Gasteiger partial charge in [0, 0.05) is 24.5 Å². The molecular weight excluding hydrogens is 392 g/mol. The Bertz CT molecular complexity index is 792. The van der Waals surface area contributed by atoms with E-state index in [0.717, 1.165) is 29.6 Å². The van der Waals surface area contributed by atoms with Crippen LogP contribution < -0.4 is 5.73 Å². The number of rotatable bonds is 0. The summed E-state index contributed by atoms with van der Waals surface area (Å²) >= 11 is 0. The number of likely N-dealkylation sites (tertiary alicyclic amines) is 1. The van der Waals surface area contributed by atoms with Crippen molar-refractivity contribution in [2.45, 2.75) is 116 Å². The molecule has 0 radical (unpaired) electrons. The maximum atomic E-state index is 7.13. The van der Waals surface area contributed by atoms with E-state index in [1.165, 1.54) is 70.8 Å². The van der Waals surface area contributed by atoms with Crippen LogP contribution >= 0.6 is 0 Å². The molecular formula is C29H48N2O. The van der Waals surface area contributed by atoms with Crippen molar-refractivity contribution in [2.75, 3.05) is 13.6 Å². The van der Waals surface area contributed by atoms with Crippen LogP contribution in [0.4, 0.5) is 0 Å². The Morgan fingerprint density at radius 3 is 2.69 bits per heavy atom. The van der Waals surface area contributed by atoms with Gasteiger partial charge in [0.1, 0.15) is 0 Å². The van der Waals surface area contributed by atoms with Crippen molar-refractivity contribution >= 4 is 0 Å². The standard InChI is InChI=1S/C29H48N2O/c1-17-12-26-27(31(5)16-17)19(3)29(32-26)11-9-22-23-7-6-20-13-21(30)8-10-28(20,4)25(23)14-24(22)18(2)15-29/h17,19-23,25-27H,6-16,30H2,1-5H3/t17-,19+,20+,21?,22-,23-,25-,26+,27-,28-,29-/m0/s1. The van der Waals surface area contributed by atoms with Crippen LogP contribution in [0.2, 0.25) is 0 Å². The van der Waals surface area contributed by atoms with E-state index in [1.807, 2.05) is 5.57 Å². The maximum Gasteiger partial charge on any atom is 0.0765 e. The average Bonchev–Trinajstić information content (AvgIpc) is 3.19. The Labute approximate surface area is 196 Å². The molecule has 2 aliphatic heterocycles. The van der Waals surface area contributed by atoms with Crippen molar-refractivity contribution < 1.29 is 4.74 Å². The minimum Gasteiger partial charge on any atom is -0.369 e. The lowest BCUT2D eigenvalue weighted by molar-refractivity contribution is -0.0796. The number of piperidine rings is 1. The topological polar surface area (TPSA) is 38.5 Å². The minimum atomic E-state index is 0.0866. The van der Waals surface area contributed by atoms with Crippen LogP contribution in [-0.2, 0) is 4.74 Å². The highest BCUT2D eigenvalue weighted by atomic mass is 16.5. The van der Waals surface area contributed by atoms with Gasteiger partial charge in [0.2, 0.25) is 0 Å². The summed E-state index contributed by atoms with van der Waals surface area (Å²) in [6.07, 6.45) is 13.7. The average molecular weight is 441 g/mol. The van der Waals surface area contributed by atoms with Crippen molar-refractivity contribution in [2.24, 2.45) is 46.7 Å². The Balaban J connectivity index is 1.28. The number of nitrogens with two attached hydrogens (primary N) is 1. The lowest BCUT2D eigenvalue weighted by Gasteiger charge is -2.54. The molecule has 6 rings (SSSR count). The monoisotopic (exact) mass is 440 g/mol. The highest BCUT2D eigenvalue weighted by molar-refractivity contribution is 5.29. The van der Waals surface area contributed by atoms with E-state index >= 15 is 0 Å². The number of fused-ring (bicyclic) bond motifs is 6. The SMILES string of the molecule is CC1=C2C[C@H]3[C@@H](CC[C@@H]4CC(N)CC[C@@]43C)[C@@H]2CC[C@@]2(C1)O[C@@H]1C[C@H](C)CN(C)[C@H]1[C@H]2C. The number of likely N-dealkylation sites (N-methyl/N-ethyl adjacent to an activating group) is 1. The summed E-state index contributed by atoms with van der Waals surface area (Å²) < 4.78 is 7.13. The van der Waals surface area contributed by atoms with Gasteiger partial charge in [-0.15, -0.1) is 0 Å². The smallest absolute Gasteiger partial charge is 0.0765 e. The molecule has 2 heterocycles. The molecule has 32 heavy (non-hydrogen) atoms. The Hall–Kier alpha value is -0.380. The fourth-order valence-corrected chi connectivity index (χ4v) is 10.5. The van der Waals surface area contributed by atoms with Gasteiger partial charge in [-0.25, -0.2) is 0 Å². The van der Waals surface area contributed by atoms with Gasteiger partial charge < -0.3 is 15.4 Å². The molecule has 6 aliphatic rings. The molecule has 5 fully saturated rings. The van der Waals surface area contributed by atoms with Crippen LogP contribution in [0.25, 0.3) is 0 Å². The Kier molecular flexibility index (Phi) is 5.22. The summed E-state index contributed by atoms with van der Waals surface area (Å²) in [4.78, 5) is 2.64. The van der Waals surface area contributed by atoms with Gasteiger partial charge in [-0.05, 0) is 113 Å². The molecule has 0 aromatic carbocycles. The summed E-state index contributed by atoms with van der Waals surface area (Å²) in [7, 11) is 2.35. The van der Waals surface area contributed by atoms with Gasteiger partial charge >= 0.3 is 0 Å². The molecule has 180 valence electrons. The number of allylic oxidation sites excluding steroid dienone is 1. The van der Waals surface area contributed by atoms with Gasteiger partial charge in [-0.1, -0.05) is 31.9 Å². The first kappa shape index (κ1) is 22.1. The second kappa shape index (κ2) is 7.56. The quantitative estimate of drug-likeness (QED) is 0.485. The van der Waals surface area contributed by atoms with Crippen LogP contribution in [0.15, 0.2) is 11.1 Å². The summed E-state index contributed by atoms with van der Waals surface area (Å²) in [6.45, 7) is 11.3. The normalized spacial score (nSPS) is 55.9. The van der Waals surface area contributed by atoms with Crippen molar-refractivity contribution in [3.63, 3.8) is 0 Å². The van der Waals surface area contributed by atoms with E-state index in [4.69, 9.17) is 10.5 Å². The second-order valence-corrected chi connectivity index (χ2v) is 13.7. The number of ether oxygens (including phenoxy) is 1. The minimum absolute atomic E-state index is 0.0866. The maximum absolute atomic E-state index is 7.13. The molecule has 4 aliphatic carbocycles. The molecule has 2 saturated heterocycles. The molecule has 2 N–H and O–H groups in total. The summed E-state index contributed by atoms with van der Waals surface area (Å²) in [5.41, 5.74) is 10.6. The van der Waals surface area contributed by atoms with Gasteiger partial charge in [0.25, 0.3) is 0 Å². The molecule has 0 bridgehead atoms. The molecule has 3 saturated carbocycles. The predicted octanol–water partition coefficient (Wildman–Crippen LogP) is 5.78. The van der Waals surface area contributed by atoms with Gasteiger partial charge in [0.05, 0.1) is 11.7 Å². The number of nitrogens with zero attached hydrogens (tertiary/aromatic N) is 1. The van der Waals surface area contributed by atoms with Crippen LogP contribution in [0.5, 0.6) is 0 Å². The summed E-state index contributed by atoms with van der Waals surface area (Å²) in [5, 5.41) is 0. The third kappa shape index (κ3) is 3.09. The van der Waals surface area contributed by atoms with E-state index in [0.29, 0.717) is 29.5 Å². The summed E-state index contributed by atoms with van der Waals surface area (Å²) in [5.74, 6) is 4.95. The zero-order valence-electron chi connectivity index (χ0n) is 21.4. The Morgan fingerprint density at radius 1 is 1.06 bits per heavy atom. The highest BCUT2D eigenvalue weighted by Gasteiger charge is 2.59. The molecule has 0 aromatic heterocycles. The van der Waals surface area contributed by atoms with E-state index < -0.39 is 0 Å². The lowest BCUT2D eigenvalue weighted by Crippen LogP contribution is -2.49. The molecule has 1 unspecified atom stereocenters. The highest BCUT2D eigenvalue weighted by Crippen LogP contribution is 2.65. The zero-order valence-corrected chi connectivity index (χ0v) is 21.4. The van der Waals surface area contributed by atoms with E-state index in [1.54, 1.807) is 5.57 Å². The molecule has 0 amide bonds. The second-order valence-electron chi connectivity index (χ2n) is 13.7. The number of hydrogen-bond acceptors (Lipinski definition) is 3. The fourth-order valence-electron chi connectivity index (χ4n) is 10.5. The van der Waals surface area contributed by atoms with Crippen LogP contribution in [0.1, 0.15) is 91.9 Å². The third-order valence-corrected chi connectivity index (χ3v) is 12.0. The van der Waals surface area contributed by atoms with Crippen molar-refractivity contribution in [3.8, 4) is 0 Å². The summed E-state index contributed by atoms with van der Waals surface area (Å²) in [6, 6.07) is 1.08. The predicted molar refractivity (Wildman–Crippen MR) is 131 cm³/mol. The van der Waals surface area contributed by atoms with Crippen molar-refractivity contribution in [3.05, 3.63) is 11.1 Å². The van der Waals surface area contributed by atoms with Gasteiger partial charge in [0.15, 0.2) is 0 Å². The first-order chi connectivity index (χ1) is 15.2. The van der Waals surface area contributed by atoms with E-state index in [2.05, 4.69) is 39.6 Å². The largest absolute Gasteiger partial charge is 0.369 e. The number of hydrogen-bond donors (Lipinski definition) is 1. The van der Waals surface area contributed by atoms with Crippen LogP contribution in [0.3, 0.4) is 0 Å². The van der Waals surface area contributed by atoms with Crippen LogP contribution in [0, 0.1) is 40.9 Å². The lowest BCUT2D eigenvalue weighted by atomic mass is 9.52. The molecule has 1 spiro atoms. The molecule has 3 heteroatoms. The molecule has 11 atom stereocenters. The first-order valence-electron chi connectivity index (χ1n) is 14.0. The Morgan fingerprint density at radius 2 is 1.88 bits per heavy atom. The molecule has 3 nitrogen and oxygen atoms in total. The zero-order chi connectivity index (χ0) is 22.4. The van der Waals surface area contributed by atoms with Crippen molar-refractivity contribution in [1.82, 2.24) is 4.90 Å². The first-order valence-corrected chi connectivity index (χ1v) is 14.0. The fraction of sp³-hybridized carbons (Fsp3) is 0.931. The molecule has 0 aromatic rings.